The molecule has 0 aliphatic rings. The molecule has 0 N–H and O–H groups in total. The number of nitrogens with zero attached hydrogens (tertiary/aromatic N) is 1. The van der Waals surface area contributed by atoms with E-state index in [4.69, 9.17) is 11.6 Å². The number of hydrogen-bond acceptors (Lipinski definition) is 1. The maximum Gasteiger partial charge on any atom is 0.0363 e. The van der Waals surface area contributed by atoms with Gasteiger partial charge in [0.1, 0.15) is 0 Å². The third-order valence-electron chi connectivity index (χ3n) is 2.91. The number of unbranched alkanes of at least 4 members (excludes halogenated alkanes) is 2. The number of benzene rings is 1. The highest BCUT2D eigenvalue weighted by Gasteiger charge is 2.00. The molecule has 2 heteroatoms. The lowest BCUT2D eigenvalue weighted by molar-refractivity contribution is 0.708. The number of aryl methyl sites for hydroxylation is 1. The van der Waals surface area contributed by atoms with Gasteiger partial charge in [-0.05, 0) is 37.0 Å². The summed E-state index contributed by atoms with van der Waals surface area (Å²) in [6, 6.07) is 8.84. The van der Waals surface area contributed by atoms with Crippen molar-refractivity contribution in [1.82, 2.24) is 0 Å². The molecule has 0 fully saturated rings. The van der Waals surface area contributed by atoms with E-state index >= 15 is 0 Å². The molecule has 0 spiro atoms. The minimum Gasteiger partial charge on any atom is -0.375 e. The van der Waals surface area contributed by atoms with Crippen LogP contribution < -0.4 is 4.90 Å². The van der Waals surface area contributed by atoms with Crippen LogP contribution >= 0.6 is 11.6 Å². The first-order valence-corrected chi connectivity index (χ1v) is 6.67. The third kappa shape index (κ3) is 4.44. The second-order valence-corrected chi connectivity index (χ2v) is 4.57. The highest BCUT2D eigenvalue weighted by atomic mass is 35.5. The fourth-order valence-corrected chi connectivity index (χ4v) is 1.92. The van der Waals surface area contributed by atoms with Gasteiger partial charge in [0.05, 0.1) is 0 Å². The molecule has 0 heterocycles. The first-order chi connectivity index (χ1) is 7.77. The van der Waals surface area contributed by atoms with Crippen LogP contribution in [0.25, 0.3) is 0 Å². The van der Waals surface area contributed by atoms with E-state index in [0.29, 0.717) is 0 Å². The summed E-state index contributed by atoms with van der Waals surface area (Å²) in [5, 5.41) is 0. The molecule has 0 radical (unpaired) electrons. The molecule has 0 amide bonds. The number of halogens is 1. The van der Waals surface area contributed by atoms with Crippen LogP contribution in [0.3, 0.4) is 0 Å². The molecular weight excluding hydrogens is 218 g/mol. The second kappa shape index (κ2) is 7.56. The minimum atomic E-state index is 0.787. The average molecular weight is 240 g/mol. The van der Waals surface area contributed by atoms with Crippen LogP contribution in [0, 0.1) is 0 Å². The lowest BCUT2D eigenvalue weighted by Crippen LogP contribution is -2.18. The first-order valence-electron chi connectivity index (χ1n) is 6.14. The van der Waals surface area contributed by atoms with E-state index in [9.17, 15) is 0 Å². The SMILES string of the molecule is CCc1ccc(N(C)CCCCCCl)cc1. The summed E-state index contributed by atoms with van der Waals surface area (Å²) in [7, 11) is 2.15. The van der Waals surface area contributed by atoms with Gasteiger partial charge >= 0.3 is 0 Å². The van der Waals surface area contributed by atoms with Gasteiger partial charge in [-0.25, -0.2) is 0 Å². The van der Waals surface area contributed by atoms with Gasteiger partial charge in [0.15, 0.2) is 0 Å². The molecule has 90 valence electrons. The Morgan fingerprint density at radius 2 is 1.75 bits per heavy atom. The monoisotopic (exact) mass is 239 g/mol. The van der Waals surface area contributed by atoms with Gasteiger partial charge < -0.3 is 4.90 Å². The van der Waals surface area contributed by atoms with E-state index in [1.165, 1.54) is 24.1 Å². The van der Waals surface area contributed by atoms with Crippen LogP contribution in [-0.2, 0) is 6.42 Å². The van der Waals surface area contributed by atoms with E-state index < -0.39 is 0 Å². The summed E-state index contributed by atoms with van der Waals surface area (Å²) >= 11 is 5.65. The summed E-state index contributed by atoms with van der Waals surface area (Å²) < 4.78 is 0. The van der Waals surface area contributed by atoms with Gasteiger partial charge in [-0.1, -0.05) is 25.5 Å². The van der Waals surface area contributed by atoms with E-state index in [1.807, 2.05) is 0 Å². The van der Waals surface area contributed by atoms with E-state index in [1.54, 1.807) is 0 Å². The number of hydrogen-bond donors (Lipinski definition) is 0. The third-order valence-corrected chi connectivity index (χ3v) is 3.18. The predicted molar refractivity (Wildman–Crippen MR) is 73.7 cm³/mol. The Hall–Kier alpha value is -0.690. The largest absolute Gasteiger partial charge is 0.375 e. The Bertz CT molecular complexity index is 281. The number of alkyl halides is 1. The zero-order chi connectivity index (χ0) is 11.8. The van der Waals surface area contributed by atoms with Gasteiger partial charge in [0.2, 0.25) is 0 Å². The van der Waals surface area contributed by atoms with Crippen molar-refractivity contribution in [2.24, 2.45) is 0 Å². The molecule has 0 bridgehead atoms. The molecule has 0 aromatic heterocycles. The molecule has 0 aliphatic carbocycles. The van der Waals surface area contributed by atoms with E-state index in [2.05, 4.69) is 43.1 Å². The topological polar surface area (TPSA) is 3.24 Å². The van der Waals surface area contributed by atoms with Crippen LogP contribution in [0.1, 0.15) is 31.7 Å². The molecule has 0 unspecified atom stereocenters. The Morgan fingerprint density at radius 1 is 1.06 bits per heavy atom. The maximum atomic E-state index is 5.65. The molecule has 1 rings (SSSR count). The molecular formula is C14H22ClN. The molecule has 0 aliphatic heterocycles. The summed E-state index contributed by atoms with van der Waals surface area (Å²) in [5.74, 6) is 0.787. The number of rotatable bonds is 7. The Morgan fingerprint density at radius 3 is 2.31 bits per heavy atom. The van der Waals surface area contributed by atoms with Crippen molar-refractivity contribution in [3.05, 3.63) is 29.8 Å². The highest BCUT2D eigenvalue weighted by molar-refractivity contribution is 6.17. The summed E-state index contributed by atoms with van der Waals surface area (Å²) in [6.45, 7) is 3.30. The molecule has 0 saturated carbocycles. The van der Waals surface area contributed by atoms with Gasteiger partial charge in [0.25, 0.3) is 0 Å². The van der Waals surface area contributed by atoms with E-state index in [0.717, 1.165) is 25.3 Å². The van der Waals surface area contributed by atoms with Crippen LogP contribution in [0.5, 0.6) is 0 Å². The van der Waals surface area contributed by atoms with Gasteiger partial charge in [-0.3, -0.25) is 0 Å². The van der Waals surface area contributed by atoms with E-state index in [-0.39, 0.29) is 0 Å². The van der Waals surface area contributed by atoms with Gasteiger partial charge in [0, 0.05) is 25.2 Å². The fourth-order valence-electron chi connectivity index (χ4n) is 1.74. The van der Waals surface area contributed by atoms with Crippen LogP contribution in [0.2, 0.25) is 0 Å². The second-order valence-electron chi connectivity index (χ2n) is 4.19. The van der Waals surface area contributed by atoms with Crippen molar-refractivity contribution in [1.29, 1.82) is 0 Å². The lowest BCUT2D eigenvalue weighted by atomic mass is 10.1. The van der Waals surface area contributed by atoms with Gasteiger partial charge in [-0.15, -0.1) is 11.6 Å². The van der Waals surface area contributed by atoms with Crippen molar-refractivity contribution >= 4 is 17.3 Å². The zero-order valence-electron chi connectivity index (χ0n) is 10.4. The summed E-state index contributed by atoms with van der Waals surface area (Å²) in [5.41, 5.74) is 2.71. The van der Waals surface area contributed by atoms with Gasteiger partial charge in [-0.2, -0.15) is 0 Å². The fraction of sp³-hybridized carbons (Fsp3) is 0.571. The quantitative estimate of drug-likeness (QED) is 0.512. The Balaban J connectivity index is 2.37. The van der Waals surface area contributed by atoms with Crippen molar-refractivity contribution in [3.8, 4) is 0 Å². The smallest absolute Gasteiger partial charge is 0.0363 e. The summed E-state index contributed by atoms with van der Waals surface area (Å²) in [6.07, 6.45) is 4.68. The van der Waals surface area contributed by atoms with Crippen molar-refractivity contribution in [3.63, 3.8) is 0 Å². The van der Waals surface area contributed by atoms with Crippen molar-refractivity contribution in [2.45, 2.75) is 32.6 Å². The van der Waals surface area contributed by atoms with Crippen molar-refractivity contribution in [2.75, 3.05) is 24.4 Å². The molecule has 1 nitrogen and oxygen atoms in total. The highest BCUT2D eigenvalue weighted by Crippen LogP contribution is 2.14. The maximum absolute atomic E-state index is 5.65. The standard InChI is InChI=1S/C14H22ClN/c1-3-13-7-9-14(10-8-13)16(2)12-6-4-5-11-15/h7-10H,3-6,11-12H2,1-2H3. The van der Waals surface area contributed by atoms with Crippen LogP contribution in [0.15, 0.2) is 24.3 Å². The normalized spacial score (nSPS) is 10.4. The lowest BCUT2D eigenvalue weighted by Gasteiger charge is -2.19. The number of anilines is 1. The molecule has 0 atom stereocenters. The predicted octanol–water partition coefficient (Wildman–Crippen LogP) is 4.09. The van der Waals surface area contributed by atoms with Crippen LogP contribution in [-0.4, -0.2) is 19.5 Å². The first kappa shape index (κ1) is 13.4. The zero-order valence-corrected chi connectivity index (χ0v) is 11.1. The molecule has 1 aromatic carbocycles. The van der Waals surface area contributed by atoms with Crippen LogP contribution in [0.4, 0.5) is 5.69 Å². The Labute approximate surface area is 104 Å². The molecule has 0 saturated heterocycles. The molecule has 1 aromatic rings. The minimum absolute atomic E-state index is 0.787. The molecule has 16 heavy (non-hydrogen) atoms. The average Bonchev–Trinajstić information content (AvgIpc) is 2.34. The Kier molecular flexibility index (Phi) is 6.32. The van der Waals surface area contributed by atoms with Crippen molar-refractivity contribution < 1.29 is 0 Å². The summed E-state index contributed by atoms with van der Waals surface area (Å²) in [4.78, 5) is 2.31.